The highest BCUT2D eigenvalue weighted by Gasteiger charge is 2.45. The molecule has 7 heteroatoms. The standard InChI is InChI=1S/C21H26BrN3O2Si/c1-21(2,3)27-20(26)25-12-28(4,5)11-17(25)19-23-16-9-6-13-10-14(22)7-8-15(13)18(16)24-19/h6-10,17H,11-12H2,1-5H3,(H,23,24). The van der Waals surface area contributed by atoms with Crippen molar-refractivity contribution in [1.82, 2.24) is 14.9 Å². The zero-order valence-electron chi connectivity index (χ0n) is 17.0. The first kappa shape index (κ1) is 19.5. The molecule has 1 aliphatic rings. The van der Waals surface area contributed by atoms with Gasteiger partial charge in [-0.1, -0.05) is 41.2 Å². The van der Waals surface area contributed by atoms with Crippen molar-refractivity contribution in [2.45, 2.75) is 51.6 Å². The summed E-state index contributed by atoms with van der Waals surface area (Å²) >= 11 is 3.53. The number of nitrogens with one attached hydrogen (secondary N) is 1. The summed E-state index contributed by atoms with van der Waals surface area (Å²) in [5.74, 6) is 0.856. The van der Waals surface area contributed by atoms with Crippen LogP contribution in [0.15, 0.2) is 34.8 Å². The van der Waals surface area contributed by atoms with Crippen molar-refractivity contribution < 1.29 is 9.53 Å². The average molecular weight is 460 g/mol. The Hall–Kier alpha value is -1.86. The molecule has 5 nitrogen and oxygen atoms in total. The molecule has 2 aromatic carbocycles. The molecule has 2 heterocycles. The van der Waals surface area contributed by atoms with Crippen molar-refractivity contribution in [2.24, 2.45) is 0 Å². The van der Waals surface area contributed by atoms with Crippen LogP contribution in [0.25, 0.3) is 21.8 Å². The van der Waals surface area contributed by atoms with Gasteiger partial charge in [0.25, 0.3) is 0 Å². The Kier molecular flexibility index (Phi) is 4.58. The average Bonchev–Trinajstić information content (AvgIpc) is 3.13. The summed E-state index contributed by atoms with van der Waals surface area (Å²) in [6.07, 6.45) is 0.543. The van der Waals surface area contributed by atoms with Gasteiger partial charge in [0, 0.05) is 16.0 Å². The molecule has 1 unspecified atom stereocenters. The van der Waals surface area contributed by atoms with Gasteiger partial charge in [-0.25, -0.2) is 9.78 Å². The Labute approximate surface area is 174 Å². The van der Waals surface area contributed by atoms with Crippen LogP contribution in [0.2, 0.25) is 19.1 Å². The number of carbonyl (C=O) groups excluding carboxylic acids is 1. The van der Waals surface area contributed by atoms with E-state index < -0.39 is 13.7 Å². The number of aromatic nitrogens is 2. The normalized spacial score (nSPS) is 19.5. The molecule has 28 heavy (non-hydrogen) atoms. The third-order valence-corrected chi connectivity index (χ3v) is 8.29. The number of hydrogen-bond acceptors (Lipinski definition) is 3. The van der Waals surface area contributed by atoms with Crippen LogP contribution in [-0.2, 0) is 4.74 Å². The fourth-order valence-electron chi connectivity index (χ4n) is 3.98. The molecule has 0 saturated carbocycles. The van der Waals surface area contributed by atoms with Crippen molar-refractivity contribution in [1.29, 1.82) is 0 Å². The van der Waals surface area contributed by atoms with E-state index in [0.717, 1.165) is 44.3 Å². The molecule has 3 aromatic rings. The van der Waals surface area contributed by atoms with Crippen LogP contribution in [0.3, 0.4) is 0 Å². The fraction of sp³-hybridized carbons (Fsp3) is 0.429. The van der Waals surface area contributed by atoms with Crippen LogP contribution < -0.4 is 0 Å². The van der Waals surface area contributed by atoms with Gasteiger partial charge in [0.15, 0.2) is 0 Å². The first-order chi connectivity index (χ1) is 13.0. The number of aromatic amines is 1. The number of hydrogen-bond donors (Lipinski definition) is 1. The lowest BCUT2D eigenvalue weighted by atomic mass is 10.1. The second-order valence-electron chi connectivity index (χ2n) is 9.44. The predicted molar refractivity (Wildman–Crippen MR) is 119 cm³/mol. The van der Waals surface area contributed by atoms with E-state index in [1.165, 1.54) is 0 Å². The number of carbonyl (C=O) groups is 1. The fourth-order valence-corrected chi connectivity index (χ4v) is 7.22. The van der Waals surface area contributed by atoms with E-state index in [4.69, 9.17) is 9.72 Å². The number of benzene rings is 2. The molecule has 1 amide bonds. The number of halogens is 1. The molecule has 1 aliphatic heterocycles. The van der Waals surface area contributed by atoms with E-state index in [1.54, 1.807) is 0 Å². The van der Waals surface area contributed by atoms with Crippen LogP contribution >= 0.6 is 15.9 Å². The number of nitrogens with zero attached hydrogens (tertiary/aromatic N) is 2. The third kappa shape index (κ3) is 3.69. The highest BCUT2D eigenvalue weighted by Crippen LogP contribution is 2.39. The minimum absolute atomic E-state index is 0.0607. The molecule has 0 aliphatic carbocycles. The van der Waals surface area contributed by atoms with Crippen molar-refractivity contribution >= 4 is 51.9 Å². The van der Waals surface area contributed by atoms with Crippen LogP contribution in [0, 0.1) is 0 Å². The van der Waals surface area contributed by atoms with Gasteiger partial charge in [-0.3, -0.25) is 0 Å². The molecule has 1 aromatic heterocycles. The molecule has 1 atom stereocenters. The largest absolute Gasteiger partial charge is 0.444 e. The maximum Gasteiger partial charge on any atom is 0.410 e. The summed E-state index contributed by atoms with van der Waals surface area (Å²) in [5.41, 5.74) is 1.45. The summed E-state index contributed by atoms with van der Waals surface area (Å²) in [6, 6.07) is 11.3. The van der Waals surface area contributed by atoms with E-state index >= 15 is 0 Å². The van der Waals surface area contributed by atoms with Gasteiger partial charge >= 0.3 is 6.09 Å². The molecular formula is C21H26BrN3O2Si. The summed E-state index contributed by atoms with van der Waals surface area (Å²) in [5, 5.41) is 2.26. The van der Waals surface area contributed by atoms with E-state index in [0.29, 0.717) is 0 Å². The molecular weight excluding hydrogens is 434 g/mol. The first-order valence-electron chi connectivity index (χ1n) is 9.60. The molecule has 0 bridgehead atoms. The Morgan fingerprint density at radius 1 is 1.29 bits per heavy atom. The molecule has 0 spiro atoms. The minimum Gasteiger partial charge on any atom is -0.444 e. The minimum atomic E-state index is -1.54. The lowest BCUT2D eigenvalue weighted by molar-refractivity contribution is 0.0229. The Bertz CT molecular complexity index is 1070. The monoisotopic (exact) mass is 459 g/mol. The lowest BCUT2D eigenvalue weighted by Gasteiger charge is -2.28. The van der Waals surface area contributed by atoms with Crippen LogP contribution in [-0.4, -0.2) is 40.8 Å². The quantitative estimate of drug-likeness (QED) is 0.452. The zero-order valence-corrected chi connectivity index (χ0v) is 19.6. The van der Waals surface area contributed by atoms with Gasteiger partial charge in [-0.15, -0.1) is 0 Å². The smallest absolute Gasteiger partial charge is 0.410 e. The Balaban J connectivity index is 1.76. The lowest BCUT2D eigenvalue weighted by Crippen LogP contribution is -2.39. The van der Waals surface area contributed by atoms with E-state index in [9.17, 15) is 4.79 Å². The van der Waals surface area contributed by atoms with Crippen molar-refractivity contribution in [2.75, 3.05) is 6.17 Å². The van der Waals surface area contributed by atoms with Crippen LogP contribution in [0.1, 0.15) is 32.6 Å². The molecule has 0 radical (unpaired) electrons. The second kappa shape index (κ2) is 6.59. The molecule has 1 saturated heterocycles. The number of H-pyrrole nitrogens is 1. The van der Waals surface area contributed by atoms with E-state index in [2.05, 4.69) is 58.3 Å². The number of rotatable bonds is 1. The van der Waals surface area contributed by atoms with Crippen molar-refractivity contribution in [3.63, 3.8) is 0 Å². The van der Waals surface area contributed by atoms with Gasteiger partial charge in [0.05, 0.1) is 25.1 Å². The van der Waals surface area contributed by atoms with Crippen molar-refractivity contribution in [3.8, 4) is 0 Å². The van der Waals surface area contributed by atoms with E-state index in [1.807, 2.05) is 31.7 Å². The molecule has 1 fully saturated rings. The highest BCUT2D eigenvalue weighted by atomic mass is 79.9. The van der Waals surface area contributed by atoms with E-state index in [-0.39, 0.29) is 12.1 Å². The van der Waals surface area contributed by atoms with Crippen molar-refractivity contribution in [3.05, 3.63) is 40.6 Å². The Morgan fingerprint density at radius 3 is 2.75 bits per heavy atom. The number of fused-ring (bicyclic) bond motifs is 3. The third-order valence-electron chi connectivity index (χ3n) is 5.11. The zero-order chi connectivity index (χ0) is 20.3. The first-order valence-corrected chi connectivity index (χ1v) is 13.8. The maximum atomic E-state index is 12.9. The van der Waals surface area contributed by atoms with Gasteiger partial charge in [0.1, 0.15) is 11.4 Å². The van der Waals surface area contributed by atoms with Gasteiger partial charge in [-0.05, 0) is 50.4 Å². The summed E-state index contributed by atoms with van der Waals surface area (Å²) in [7, 11) is -1.54. The maximum absolute atomic E-state index is 12.9. The molecule has 4 rings (SSSR count). The number of ether oxygens (including phenoxy) is 1. The van der Waals surface area contributed by atoms with Gasteiger partial charge < -0.3 is 14.6 Å². The molecule has 1 N–H and O–H groups in total. The summed E-state index contributed by atoms with van der Waals surface area (Å²) < 4.78 is 6.74. The Morgan fingerprint density at radius 2 is 2.04 bits per heavy atom. The number of amides is 1. The summed E-state index contributed by atoms with van der Waals surface area (Å²) in [4.78, 5) is 23.2. The number of imidazole rings is 1. The van der Waals surface area contributed by atoms with Crippen LogP contribution in [0.4, 0.5) is 4.79 Å². The predicted octanol–water partition coefficient (Wildman–Crippen LogP) is 6.02. The SMILES string of the molecule is CC(C)(C)OC(=O)N1C[Si](C)(C)CC1c1nc2c(ccc3cc(Br)ccc32)[nH]1. The van der Waals surface area contributed by atoms with Gasteiger partial charge in [0.2, 0.25) is 0 Å². The van der Waals surface area contributed by atoms with Crippen LogP contribution in [0.5, 0.6) is 0 Å². The second-order valence-corrected chi connectivity index (χ2v) is 15.4. The summed E-state index contributed by atoms with van der Waals surface area (Å²) in [6.45, 7) is 10.4. The van der Waals surface area contributed by atoms with Gasteiger partial charge in [-0.2, -0.15) is 0 Å². The molecule has 148 valence electrons. The topological polar surface area (TPSA) is 58.2 Å². The highest BCUT2D eigenvalue weighted by molar-refractivity contribution is 9.10.